The molecule has 11 heteroatoms. The lowest BCUT2D eigenvalue weighted by molar-refractivity contribution is -0.136. The van der Waals surface area contributed by atoms with Gasteiger partial charge in [0.1, 0.15) is 17.8 Å². The van der Waals surface area contributed by atoms with Gasteiger partial charge in [-0.15, -0.1) is 0 Å². The number of benzene rings is 1. The molecule has 1 saturated carbocycles. The zero-order valence-electron chi connectivity index (χ0n) is 18.9. The summed E-state index contributed by atoms with van der Waals surface area (Å²) >= 11 is 0. The molecule has 0 bridgehead atoms. The predicted octanol–water partition coefficient (Wildman–Crippen LogP) is 2.14. The van der Waals surface area contributed by atoms with Crippen LogP contribution >= 0.6 is 0 Å². The number of anilines is 2. The minimum atomic E-state index is -3.51. The number of carbonyl (C=O) groups excluding carboxylic acids is 3. The lowest BCUT2D eigenvalue weighted by Gasteiger charge is -2.43. The van der Waals surface area contributed by atoms with Crippen LogP contribution in [0, 0.1) is 11.3 Å². The molecule has 0 aromatic heterocycles. The molecule has 10 nitrogen and oxygen atoms in total. The molecular weight excluding hydrogens is 436 g/mol. The van der Waals surface area contributed by atoms with Gasteiger partial charge in [-0.2, -0.15) is 0 Å². The molecule has 3 N–H and O–H groups in total. The van der Waals surface area contributed by atoms with Gasteiger partial charge in [0, 0.05) is 11.8 Å². The van der Waals surface area contributed by atoms with Crippen LogP contribution in [0.15, 0.2) is 18.2 Å². The zero-order chi connectivity index (χ0) is 23.9. The summed E-state index contributed by atoms with van der Waals surface area (Å²) in [6.07, 6.45) is 3.05. The van der Waals surface area contributed by atoms with Gasteiger partial charge in [-0.05, 0) is 42.7 Å². The van der Waals surface area contributed by atoms with Crippen molar-refractivity contribution in [3.8, 4) is 5.75 Å². The van der Waals surface area contributed by atoms with Gasteiger partial charge < -0.3 is 15.4 Å². The third kappa shape index (κ3) is 5.14. The first kappa shape index (κ1) is 23.8. The van der Waals surface area contributed by atoms with Crippen LogP contribution < -0.4 is 20.1 Å². The van der Waals surface area contributed by atoms with E-state index in [1.807, 2.05) is 0 Å². The largest absolute Gasteiger partial charge is 0.494 e. The molecule has 0 unspecified atom stereocenters. The van der Waals surface area contributed by atoms with Gasteiger partial charge in [0.05, 0.1) is 19.1 Å². The normalized spacial score (nSPS) is 24.9. The maximum Gasteiger partial charge on any atom is 0.325 e. The highest BCUT2D eigenvalue weighted by Gasteiger charge is 2.56. The third-order valence-electron chi connectivity index (χ3n) is 5.71. The molecule has 1 saturated heterocycles. The van der Waals surface area contributed by atoms with Crippen molar-refractivity contribution in [1.29, 1.82) is 0 Å². The fourth-order valence-electron chi connectivity index (χ4n) is 5.05. The number of imide groups is 1. The topological polar surface area (TPSA) is 134 Å². The molecule has 1 aromatic carbocycles. The van der Waals surface area contributed by atoms with Crippen LogP contribution in [0.25, 0.3) is 0 Å². The number of hydrogen-bond acceptors (Lipinski definition) is 6. The van der Waals surface area contributed by atoms with Crippen LogP contribution in [0.2, 0.25) is 0 Å². The molecule has 3 rings (SSSR count). The van der Waals surface area contributed by atoms with Crippen molar-refractivity contribution in [2.24, 2.45) is 11.3 Å². The Balaban J connectivity index is 1.71. The summed E-state index contributed by atoms with van der Waals surface area (Å²) in [5.41, 5.74) is -0.518. The average molecular weight is 467 g/mol. The van der Waals surface area contributed by atoms with E-state index in [1.54, 1.807) is 0 Å². The van der Waals surface area contributed by atoms with Gasteiger partial charge in [-0.3, -0.25) is 19.2 Å². The summed E-state index contributed by atoms with van der Waals surface area (Å²) in [5, 5.41) is 5.47. The molecule has 0 radical (unpaired) electrons. The Hall–Kier alpha value is -2.82. The van der Waals surface area contributed by atoms with E-state index in [0.717, 1.165) is 17.6 Å². The van der Waals surface area contributed by atoms with E-state index in [-0.39, 0.29) is 28.7 Å². The SMILES string of the molecule is COc1cc(NC(=O)CN2C(=O)N[C@]3(C[C@@H](C)CC(C)(C)C3)C2=O)ccc1NS(C)(=O)=O. The Kier molecular flexibility index (Phi) is 6.16. The Morgan fingerprint density at radius 1 is 1.28 bits per heavy atom. The van der Waals surface area contributed by atoms with Crippen LogP contribution in [0.4, 0.5) is 16.2 Å². The number of ether oxygens (including phenoxy) is 1. The molecule has 2 fully saturated rings. The highest BCUT2D eigenvalue weighted by atomic mass is 32.2. The van der Waals surface area contributed by atoms with Crippen LogP contribution in [0.1, 0.15) is 40.0 Å². The first-order valence-corrected chi connectivity index (χ1v) is 12.2. The van der Waals surface area contributed by atoms with Gasteiger partial charge in [-0.1, -0.05) is 20.8 Å². The van der Waals surface area contributed by atoms with E-state index in [1.165, 1.54) is 25.3 Å². The Morgan fingerprint density at radius 2 is 1.97 bits per heavy atom. The Bertz CT molecular complexity index is 1050. The lowest BCUT2D eigenvalue weighted by Crippen LogP contribution is -2.54. The third-order valence-corrected chi connectivity index (χ3v) is 6.30. The first-order chi connectivity index (χ1) is 14.7. The van der Waals surface area contributed by atoms with Crippen LogP contribution in [-0.2, 0) is 19.6 Å². The molecule has 2 atom stereocenters. The molecule has 1 spiro atoms. The molecule has 1 aliphatic heterocycles. The minimum absolute atomic E-state index is 0.100. The van der Waals surface area contributed by atoms with E-state index in [4.69, 9.17) is 4.74 Å². The summed E-state index contributed by atoms with van der Waals surface area (Å²) in [6.45, 7) is 5.80. The lowest BCUT2D eigenvalue weighted by atomic mass is 9.64. The number of nitrogens with one attached hydrogen (secondary N) is 3. The monoisotopic (exact) mass is 466 g/mol. The summed E-state index contributed by atoms with van der Waals surface area (Å²) < 4.78 is 30.4. The average Bonchev–Trinajstić information content (AvgIpc) is 2.83. The molecule has 4 amide bonds. The fourth-order valence-corrected chi connectivity index (χ4v) is 5.61. The van der Waals surface area contributed by atoms with Gasteiger partial charge in [0.2, 0.25) is 15.9 Å². The van der Waals surface area contributed by atoms with Crippen molar-refractivity contribution in [2.45, 2.75) is 45.6 Å². The van der Waals surface area contributed by atoms with E-state index in [0.29, 0.717) is 18.5 Å². The molecule has 1 aromatic rings. The molecule has 2 aliphatic rings. The Labute approximate surface area is 188 Å². The summed E-state index contributed by atoms with van der Waals surface area (Å²) in [5.74, 6) is -0.453. The number of rotatable bonds is 6. The van der Waals surface area contributed by atoms with Crippen molar-refractivity contribution < 1.29 is 27.5 Å². The van der Waals surface area contributed by atoms with Gasteiger partial charge >= 0.3 is 6.03 Å². The minimum Gasteiger partial charge on any atom is -0.494 e. The molecule has 1 aliphatic carbocycles. The second-order valence-electron chi connectivity index (χ2n) is 9.60. The summed E-state index contributed by atoms with van der Waals surface area (Å²) in [6, 6.07) is 3.82. The van der Waals surface area contributed by atoms with E-state index in [2.05, 4.69) is 36.1 Å². The van der Waals surface area contributed by atoms with Crippen LogP contribution in [0.5, 0.6) is 5.75 Å². The molecule has 176 valence electrons. The van der Waals surface area contributed by atoms with Gasteiger partial charge in [0.25, 0.3) is 5.91 Å². The number of amides is 4. The second kappa shape index (κ2) is 8.27. The van der Waals surface area contributed by atoms with Crippen LogP contribution in [-0.4, -0.2) is 56.6 Å². The molecule has 32 heavy (non-hydrogen) atoms. The van der Waals surface area contributed by atoms with Gasteiger partial charge in [-0.25, -0.2) is 13.2 Å². The zero-order valence-corrected chi connectivity index (χ0v) is 19.8. The van der Waals surface area contributed by atoms with Crippen molar-refractivity contribution in [2.75, 3.05) is 29.9 Å². The smallest absolute Gasteiger partial charge is 0.325 e. The van der Waals surface area contributed by atoms with Crippen molar-refractivity contribution >= 4 is 39.2 Å². The quantitative estimate of drug-likeness (QED) is 0.550. The number of urea groups is 1. The maximum atomic E-state index is 13.2. The number of methoxy groups -OCH3 is 1. The van der Waals surface area contributed by atoms with Crippen LogP contribution in [0.3, 0.4) is 0 Å². The van der Waals surface area contributed by atoms with E-state index in [9.17, 15) is 22.8 Å². The predicted molar refractivity (Wildman–Crippen MR) is 120 cm³/mol. The van der Waals surface area contributed by atoms with Crippen molar-refractivity contribution in [1.82, 2.24) is 10.2 Å². The fraction of sp³-hybridized carbons (Fsp3) is 0.571. The van der Waals surface area contributed by atoms with E-state index >= 15 is 0 Å². The number of hydrogen-bond donors (Lipinski definition) is 3. The highest BCUT2D eigenvalue weighted by molar-refractivity contribution is 7.92. The van der Waals surface area contributed by atoms with E-state index < -0.39 is 34.0 Å². The summed E-state index contributed by atoms with van der Waals surface area (Å²) in [4.78, 5) is 39.3. The maximum absolute atomic E-state index is 13.2. The van der Waals surface area contributed by atoms with Crippen molar-refractivity contribution in [3.05, 3.63) is 18.2 Å². The number of sulfonamides is 1. The van der Waals surface area contributed by atoms with Gasteiger partial charge in [0.15, 0.2) is 0 Å². The molecule has 1 heterocycles. The first-order valence-electron chi connectivity index (χ1n) is 10.3. The van der Waals surface area contributed by atoms with Crippen molar-refractivity contribution in [3.63, 3.8) is 0 Å². The number of carbonyl (C=O) groups is 3. The Morgan fingerprint density at radius 3 is 2.56 bits per heavy atom. The standard InChI is InChI=1S/C21H30N4O6S/c1-13-9-20(2,3)12-21(10-13)18(27)25(19(28)23-21)11-17(26)22-14-6-7-15(16(8-14)31-4)24-32(5,29)30/h6-8,13,24H,9-12H2,1-5H3,(H,22,26)(H,23,28)/t13-,21-/m0/s1. The summed E-state index contributed by atoms with van der Waals surface area (Å²) in [7, 11) is -2.14. The highest BCUT2D eigenvalue weighted by Crippen LogP contribution is 2.46. The second-order valence-corrected chi connectivity index (χ2v) is 11.3. The molecular formula is C21H30N4O6S. The number of nitrogens with zero attached hydrogens (tertiary/aromatic N) is 1.